The third kappa shape index (κ3) is 2.90. The summed E-state index contributed by atoms with van der Waals surface area (Å²) in [6, 6.07) is 5.69. The van der Waals surface area contributed by atoms with Gasteiger partial charge < -0.3 is 10.1 Å². The Morgan fingerprint density at radius 3 is 2.94 bits per heavy atom. The zero-order chi connectivity index (χ0) is 12.3. The van der Waals surface area contributed by atoms with E-state index in [1.807, 2.05) is 29.9 Å². The summed E-state index contributed by atoms with van der Waals surface area (Å²) < 4.78 is 5.29. The smallest absolute Gasteiger partial charge is 0.142 e. The Hall–Kier alpha value is -1.26. The first kappa shape index (κ1) is 12.2. The number of benzene rings is 1. The summed E-state index contributed by atoms with van der Waals surface area (Å²) in [5, 5.41) is 4.05. The lowest BCUT2D eigenvalue weighted by molar-refractivity contribution is 0.416. The molecular weight excluding hydrogens is 256 g/mol. The van der Waals surface area contributed by atoms with E-state index < -0.39 is 0 Å². The van der Waals surface area contributed by atoms with Gasteiger partial charge in [0.05, 0.1) is 24.3 Å². The Morgan fingerprint density at radius 2 is 2.29 bits per heavy atom. The predicted octanol–water partition coefficient (Wildman–Crippen LogP) is 3.98. The molecule has 1 N–H and O–H groups in total. The summed E-state index contributed by atoms with van der Waals surface area (Å²) in [6.07, 6.45) is 1.86. The van der Waals surface area contributed by atoms with Gasteiger partial charge in [-0.3, -0.25) is 4.98 Å². The van der Waals surface area contributed by atoms with E-state index in [-0.39, 0.29) is 6.04 Å². The van der Waals surface area contributed by atoms with Crippen LogP contribution in [0.3, 0.4) is 0 Å². The molecule has 0 aliphatic heterocycles. The number of nitrogens with zero attached hydrogens (tertiary/aromatic N) is 1. The largest absolute Gasteiger partial charge is 0.495 e. The van der Waals surface area contributed by atoms with Crippen LogP contribution in [-0.2, 0) is 0 Å². The summed E-state index contributed by atoms with van der Waals surface area (Å²) in [5.41, 5.74) is 2.71. The quantitative estimate of drug-likeness (QED) is 0.911. The number of ether oxygens (including phenoxy) is 1. The second-order valence-electron chi connectivity index (χ2n) is 3.61. The molecule has 17 heavy (non-hydrogen) atoms. The average Bonchev–Trinajstić information content (AvgIpc) is 2.83. The van der Waals surface area contributed by atoms with Crippen molar-refractivity contribution in [2.75, 3.05) is 12.4 Å². The van der Waals surface area contributed by atoms with Gasteiger partial charge >= 0.3 is 0 Å². The third-order valence-corrected chi connectivity index (χ3v) is 3.61. The van der Waals surface area contributed by atoms with Crippen LogP contribution in [0.15, 0.2) is 29.9 Å². The summed E-state index contributed by atoms with van der Waals surface area (Å²) >= 11 is 7.60. The van der Waals surface area contributed by atoms with Crippen LogP contribution in [0.1, 0.15) is 17.8 Å². The zero-order valence-corrected chi connectivity index (χ0v) is 11.2. The van der Waals surface area contributed by atoms with Crippen LogP contribution in [0.4, 0.5) is 5.69 Å². The van der Waals surface area contributed by atoms with Crippen molar-refractivity contribution in [1.29, 1.82) is 0 Å². The highest BCUT2D eigenvalue weighted by molar-refractivity contribution is 7.09. The summed E-state index contributed by atoms with van der Waals surface area (Å²) in [4.78, 5) is 5.24. The minimum atomic E-state index is 0.176. The molecular formula is C12H13ClN2OS. The molecule has 0 aliphatic carbocycles. The van der Waals surface area contributed by atoms with Crippen molar-refractivity contribution in [3.05, 3.63) is 39.8 Å². The maximum absolute atomic E-state index is 5.98. The van der Waals surface area contributed by atoms with E-state index in [1.54, 1.807) is 18.4 Å². The first-order valence-electron chi connectivity index (χ1n) is 5.19. The van der Waals surface area contributed by atoms with E-state index in [2.05, 4.69) is 17.2 Å². The van der Waals surface area contributed by atoms with Crippen LogP contribution in [0.25, 0.3) is 0 Å². The van der Waals surface area contributed by atoms with Crippen molar-refractivity contribution in [1.82, 2.24) is 4.98 Å². The SMILES string of the molecule is COc1ccc(Cl)cc1NC(C)c1cncs1. The molecule has 0 bridgehead atoms. The third-order valence-electron chi connectivity index (χ3n) is 2.41. The molecule has 0 radical (unpaired) electrons. The van der Waals surface area contributed by atoms with E-state index in [0.717, 1.165) is 11.4 Å². The number of thiazole rings is 1. The molecule has 1 heterocycles. The first-order valence-corrected chi connectivity index (χ1v) is 6.45. The van der Waals surface area contributed by atoms with Crippen LogP contribution >= 0.6 is 22.9 Å². The van der Waals surface area contributed by atoms with Crippen molar-refractivity contribution in [3.8, 4) is 5.75 Å². The number of hydrogen-bond donors (Lipinski definition) is 1. The Balaban J connectivity index is 2.20. The van der Waals surface area contributed by atoms with Gasteiger partial charge in [-0.05, 0) is 25.1 Å². The molecule has 0 spiro atoms. The van der Waals surface area contributed by atoms with Gasteiger partial charge in [0.2, 0.25) is 0 Å². The van der Waals surface area contributed by atoms with Gasteiger partial charge in [0.25, 0.3) is 0 Å². The fourth-order valence-corrected chi connectivity index (χ4v) is 2.34. The normalized spacial score (nSPS) is 12.2. The Kier molecular flexibility index (Phi) is 3.86. The maximum Gasteiger partial charge on any atom is 0.142 e. The molecule has 3 nitrogen and oxygen atoms in total. The Labute approximate surface area is 109 Å². The lowest BCUT2D eigenvalue weighted by Crippen LogP contribution is -2.06. The van der Waals surface area contributed by atoms with Crippen molar-refractivity contribution in [2.24, 2.45) is 0 Å². The summed E-state index contributed by atoms with van der Waals surface area (Å²) in [7, 11) is 1.64. The molecule has 90 valence electrons. The molecule has 0 aliphatic rings. The molecule has 1 unspecified atom stereocenters. The Morgan fingerprint density at radius 1 is 1.47 bits per heavy atom. The van der Waals surface area contributed by atoms with Crippen LogP contribution in [0.5, 0.6) is 5.75 Å². The van der Waals surface area contributed by atoms with Crippen molar-refractivity contribution >= 4 is 28.6 Å². The number of halogens is 1. The number of anilines is 1. The number of rotatable bonds is 4. The number of aromatic nitrogens is 1. The molecule has 0 fully saturated rings. The van der Waals surface area contributed by atoms with E-state index >= 15 is 0 Å². The molecule has 1 aromatic heterocycles. The minimum Gasteiger partial charge on any atom is -0.495 e. The van der Waals surface area contributed by atoms with Crippen molar-refractivity contribution in [3.63, 3.8) is 0 Å². The fourth-order valence-electron chi connectivity index (χ4n) is 1.54. The topological polar surface area (TPSA) is 34.1 Å². The first-order chi connectivity index (χ1) is 8.20. The average molecular weight is 269 g/mol. The van der Waals surface area contributed by atoms with E-state index in [1.165, 1.54) is 4.88 Å². The molecule has 5 heteroatoms. The van der Waals surface area contributed by atoms with E-state index in [9.17, 15) is 0 Å². The highest BCUT2D eigenvalue weighted by atomic mass is 35.5. The van der Waals surface area contributed by atoms with Gasteiger partial charge in [0.1, 0.15) is 5.75 Å². The minimum absolute atomic E-state index is 0.176. The standard InChI is InChI=1S/C12H13ClN2OS/c1-8(12-6-14-7-17-12)15-10-5-9(13)3-4-11(10)16-2/h3-8,15H,1-2H3. The molecule has 1 aromatic carbocycles. The highest BCUT2D eigenvalue weighted by Gasteiger charge is 2.10. The van der Waals surface area contributed by atoms with Gasteiger partial charge in [0, 0.05) is 16.1 Å². The molecule has 2 rings (SSSR count). The summed E-state index contributed by atoms with van der Waals surface area (Å²) in [5.74, 6) is 0.783. The monoisotopic (exact) mass is 268 g/mol. The maximum atomic E-state index is 5.98. The molecule has 0 amide bonds. The van der Waals surface area contributed by atoms with Crippen molar-refractivity contribution in [2.45, 2.75) is 13.0 Å². The van der Waals surface area contributed by atoms with E-state index in [0.29, 0.717) is 5.02 Å². The van der Waals surface area contributed by atoms with Gasteiger partial charge in [-0.25, -0.2) is 0 Å². The highest BCUT2D eigenvalue weighted by Crippen LogP contribution is 2.31. The van der Waals surface area contributed by atoms with E-state index in [4.69, 9.17) is 16.3 Å². The predicted molar refractivity (Wildman–Crippen MR) is 72.2 cm³/mol. The fraction of sp³-hybridized carbons (Fsp3) is 0.250. The second kappa shape index (κ2) is 5.38. The lowest BCUT2D eigenvalue weighted by Gasteiger charge is -2.16. The Bertz CT molecular complexity index is 487. The number of hydrogen-bond acceptors (Lipinski definition) is 4. The van der Waals surface area contributed by atoms with Gasteiger partial charge in [-0.15, -0.1) is 11.3 Å². The second-order valence-corrected chi connectivity index (χ2v) is 4.97. The van der Waals surface area contributed by atoms with Gasteiger partial charge in [-0.1, -0.05) is 11.6 Å². The van der Waals surface area contributed by atoms with Crippen LogP contribution in [0.2, 0.25) is 5.02 Å². The van der Waals surface area contributed by atoms with Crippen LogP contribution < -0.4 is 10.1 Å². The molecule has 1 atom stereocenters. The van der Waals surface area contributed by atoms with Gasteiger partial charge in [-0.2, -0.15) is 0 Å². The number of nitrogens with one attached hydrogen (secondary N) is 1. The lowest BCUT2D eigenvalue weighted by atomic mass is 10.2. The van der Waals surface area contributed by atoms with Crippen LogP contribution in [-0.4, -0.2) is 12.1 Å². The van der Waals surface area contributed by atoms with Crippen LogP contribution in [0, 0.1) is 0 Å². The summed E-state index contributed by atoms with van der Waals surface area (Å²) in [6.45, 7) is 2.08. The molecule has 0 saturated carbocycles. The molecule has 2 aromatic rings. The van der Waals surface area contributed by atoms with Gasteiger partial charge in [0.15, 0.2) is 0 Å². The number of methoxy groups -OCH3 is 1. The molecule has 0 saturated heterocycles. The van der Waals surface area contributed by atoms with Crippen molar-refractivity contribution < 1.29 is 4.74 Å². The zero-order valence-electron chi connectivity index (χ0n) is 9.61.